The second kappa shape index (κ2) is 6.64. The number of halogens is 2. The average molecular weight is 318 g/mol. The van der Waals surface area contributed by atoms with Gasteiger partial charge in [0.25, 0.3) is 0 Å². The molecule has 1 N–H and O–H groups in total. The van der Waals surface area contributed by atoms with Crippen LogP contribution in [0.15, 0.2) is 22.7 Å². The molecule has 0 aliphatic carbocycles. The van der Waals surface area contributed by atoms with E-state index in [0.717, 1.165) is 12.0 Å². The van der Waals surface area contributed by atoms with Gasteiger partial charge in [0.15, 0.2) is 0 Å². The standard InChI is InChI=1S/C14H21BrFNO/c1-14(2,3)18-9-11(17-4)7-10-5-6-13(16)12(15)8-10/h5-6,8,11,17H,7,9H2,1-4H3. The summed E-state index contributed by atoms with van der Waals surface area (Å²) in [6.07, 6.45) is 0.811. The van der Waals surface area contributed by atoms with Gasteiger partial charge in [-0.1, -0.05) is 6.07 Å². The van der Waals surface area contributed by atoms with Crippen LogP contribution in [-0.2, 0) is 11.2 Å². The van der Waals surface area contributed by atoms with Gasteiger partial charge in [-0.05, 0) is 67.9 Å². The molecule has 1 unspecified atom stereocenters. The quantitative estimate of drug-likeness (QED) is 0.897. The maximum Gasteiger partial charge on any atom is 0.137 e. The van der Waals surface area contributed by atoms with Crippen LogP contribution in [0.5, 0.6) is 0 Å². The predicted octanol–water partition coefficient (Wildman–Crippen LogP) is 3.53. The van der Waals surface area contributed by atoms with Crippen molar-refractivity contribution in [3.63, 3.8) is 0 Å². The number of hydrogen-bond acceptors (Lipinski definition) is 2. The summed E-state index contributed by atoms with van der Waals surface area (Å²) in [5.74, 6) is -0.231. The molecule has 0 saturated heterocycles. The summed E-state index contributed by atoms with van der Waals surface area (Å²) in [4.78, 5) is 0. The first-order valence-corrected chi connectivity index (χ1v) is 6.86. The third kappa shape index (κ3) is 5.46. The molecule has 1 aromatic rings. The van der Waals surface area contributed by atoms with Crippen molar-refractivity contribution in [2.45, 2.75) is 38.8 Å². The highest BCUT2D eigenvalue weighted by molar-refractivity contribution is 9.10. The van der Waals surface area contributed by atoms with Crippen molar-refractivity contribution in [1.29, 1.82) is 0 Å². The van der Waals surface area contributed by atoms with Gasteiger partial charge < -0.3 is 10.1 Å². The third-order valence-corrected chi connectivity index (χ3v) is 3.20. The van der Waals surface area contributed by atoms with Crippen molar-refractivity contribution in [2.75, 3.05) is 13.7 Å². The van der Waals surface area contributed by atoms with E-state index in [2.05, 4.69) is 21.2 Å². The highest BCUT2D eigenvalue weighted by atomic mass is 79.9. The van der Waals surface area contributed by atoms with Crippen LogP contribution in [0.2, 0.25) is 0 Å². The van der Waals surface area contributed by atoms with E-state index < -0.39 is 0 Å². The van der Waals surface area contributed by atoms with E-state index in [1.165, 1.54) is 6.07 Å². The summed E-state index contributed by atoms with van der Waals surface area (Å²) < 4.78 is 19.4. The Balaban J connectivity index is 2.59. The fraction of sp³-hybridized carbons (Fsp3) is 0.571. The largest absolute Gasteiger partial charge is 0.374 e. The number of nitrogens with one attached hydrogen (secondary N) is 1. The molecular weight excluding hydrogens is 297 g/mol. The fourth-order valence-corrected chi connectivity index (χ4v) is 1.97. The van der Waals surface area contributed by atoms with Gasteiger partial charge in [-0.3, -0.25) is 0 Å². The molecule has 1 atom stereocenters. The van der Waals surface area contributed by atoms with Gasteiger partial charge in [0.1, 0.15) is 5.82 Å². The van der Waals surface area contributed by atoms with E-state index in [9.17, 15) is 4.39 Å². The second-order valence-corrected chi connectivity index (χ2v) is 6.22. The summed E-state index contributed by atoms with van der Waals surface area (Å²) >= 11 is 3.20. The Morgan fingerprint density at radius 1 is 1.39 bits per heavy atom. The lowest BCUT2D eigenvalue weighted by Gasteiger charge is -2.24. The highest BCUT2D eigenvalue weighted by Crippen LogP contribution is 2.18. The molecule has 0 radical (unpaired) electrons. The molecule has 0 amide bonds. The Morgan fingerprint density at radius 3 is 2.56 bits per heavy atom. The van der Waals surface area contributed by atoms with Crippen molar-refractivity contribution in [2.24, 2.45) is 0 Å². The molecule has 0 spiro atoms. The molecular formula is C14H21BrFNO. The number of rotatable bonds is 5. The van der Waals surface area contributed by atoms with E-state index >= 15 is 0 Å². The molecule has 4 heteroatoms. The van der Waals surface area contributed by atoms with Crippen LogP contribution in [-0.4, -0.2) is 25.3 Å². The molecule has 0 aliphatic heterocycles. The summed E-state index contributed by atoms with van der Waals surface area (Å²) in [5, 5.41) is 3.22. The van der Waals surface area contributed by atoms with Crippen molar-refractivity contribution < 1.29 is 9.13 Å². The SMILES string of the molecule is CNC(COC(C)(C)C)Cc1ccc(F)c(Br)c1. The lowest BCUT2D eigenvalue weighted by atomic mass is 10.1. The summed E-state index contributed by atoms with van der Waals surface area (Å²) in [6, 6.07) is 5.33. The minimum Gasteiger partial charge on any atom is -0.374 e. The monoisotopic (exact) mass is 317 g/mol. The molecule has 1 aromatic carbocycles. The van der Waals surface area contributed by atoms with Gasteiger partial charge in [-0.25, -0.2) is 4.39 Å². The lowest BCUT2D eigenvalue weighted by molar-refractivity contribution is -0.0134. The van der Waals surface area contributed by atoms with E-state index in [4.69, 9.17) is 4.74 Å². The topological polar surface area (TPSA) is 21.3 Å². The van der Waals surface area contributed by atoms with E-state index in [1.54, 1.807) is 0 Å². The molecule has 1 rings (SSSR count). The predicted molar refractivity (Wildman–Crippen MR) is 76.4 cm³/mol. The molecule has 0 heterocycles. The van der Waals surface area contributed by atoms with Crippen molar-refractivity contribution in [3.8, 4) is 0 Å². The number of hydrogen-bond donors (Lipinski definition) is 1. The van der Waals surface area contributed by atoms with Gasteiger partial charge in [0, 0.05) is 6.04 Å². The first-order chi connectivity index (χ1) is 8.31. The Kier molecular flexibility index (Phi) is 5.76. The zero-order chi connectivity index (χ0) is 13.8. The van der Waals surface area contributed by atoms with Gasteiger partial charge >= 0.3 is 0 Å². The maximum atomic E-state index is 13.1. The van der Waals surface area contributed by atoms with Crippen LogP contribution in [0.25, 0.3) is 0 Å². The van der Waals surface area contributed by atoms with Gasteiger partial charge in [0.2, 0.25) is 0 Å². The number of benzene rings is 1. The lowest BCUT2D eigenvalue weighted by Crippen LogP contribution is -2.36. The molecule has 0 saturated carbocycles. The van der Waals surface area contributed by atoms with Crippen LogP contribution in [0, 0.1) is 5.82 Å². The Hall–Kier alpha value is -0.450. The first-order valence-electron chi connectivity index (χ1n) is 6.07. The molecule has 0 bridgehead atoms. The Labute approximate surface area is 117 Å². The number of likely N-dealkylation sites (N-methyl/N-ethyl adjacent to an activating group) is 1. The molecule has 0 aliphatic rings. The summed E-state index contributed by atoms with van der Waals surface area (Å²) in [6.45, 7) is 6.74. The second-order valence-electron chi connectivity index (χ2n) is 5.36. The van der Waals surface area contributed by atoms with E-state index in [-0.39, 0.29) is 17.5 Å². The fourth-order valence-electron chi connectivity index (χ4n) is 1.55. The molecule has 0 fully saturated rings. The van der Waals surface area contributed by atoms with Crippen LogP contribution < -0.4 is 5.32 Å². The van der Waals surface area contributed by atoms with Crippen LogP contribution >= 0.6 is 15.9 Å². The molecule has 102 valence electrons. The minimum absolute atomic E-state index is 0.140. The molecule has 0 aromatic heterocycles. The zero-order valence-corrected chi connectivity index (χ0v) is 13.0. The van der Waals surface area contributed by atoms with E-state index in [0.29, 0.717) is 11.1 Å². The van der Waals surface area contributed by atoms with Gasteiger partial charge in [0.05, 0.1) is 16.7 Å². The summed E-state index contributed by atoms with van der Waals surface area (Å²) in [7, 11) is 1.91. The minimum atomic E-state index is -0.231. The van der Waals surface area contributed by atoms with Crippen molar-refractivity contribution >= 4 is 15.9 Å². The van der Waals surface area contributed by atoms with Gasteiger partial charge in [-0.2, -0.15) is 0 Å². The summed E-state index contributed by atoms with van der Waals surface area (Å²) in [5.41, 5.74) is 0.943. The zero-order valence-electron chi connectivity index (χ0n) is 11.4. The van der Waals surface area contributed by atoms with Crippen molar-refractivity contribution in [3.05, 3.63) is 34.1 Å². The number of ether oxygens (including phenoxy) is 1. The Morgan fingerprint density at radius 2 is 2.06 bits per heavy atom. The van der Waals surface area contributed by atoms with Gasteiger partial charge in [-0.15, -0.1) is 0 Å². The van der Waals surface area contributed by atoms with Crippen LogP contribution in [0.3, 0.4) is 0 Å². The molecule has 18 heavy (non-hydrogen) atoms. The third-order valence-electron chi connectivity index (χ3n) is 2.59. The van der Waals surface area contributed by atoms with Crippen LogP contribution in [0.4, 0.5) is 4.39 Å². The molecule has 2 nitrogen and oxygen atoms in total. The normalized spacial score (nSPS) is 13.7. The highest BCUT2D eigenvalue weighted by Gasteiger charge is 2.15. The first kappa shape index (κ1) is 15.6. The van der Waals surface area contributed by atoms with Crippen LogP contribution in [0.1, 0.15) is 26.3 Å². The smallest absolute Gasteiger partial charge is 0.137 e. The maximum absolute atomic E-state index is 13.1. The van der Waals surface area contributed by atoms with E-state index in [1.807, 2.05) is 40.0 Å². The Bertz CT molecular complexity index is 390. The van der Waals surface area contributed by atoms with Crippen molar-refractivity contribution in [1.82, 2.24) is 5.32 Å². The average Bonchev–Trinajstić information content (AvgIpc) is 2.28.